The predicted molar refractivity (Wildman–Crippen MR) is 88.5 cm³/mol. The average molecular weight is 319 g/mol. The summed E-state index contributed by atoms with van der Waals surface area (Å²) in [5.41, 5.74) is 3.27. The van der Waals surface area contributed by atoms with Crippen molar-refractivity contribution < 1.29 is 4.42 Å². The fourth-order valence-corrected chi connectivity index (χ4v) is 2.70. The summed E-state index contributed by atoms with van der Waals surface area (Å²) >= 11 is 6.19. The second-order valence-electron chi connectivity index (χ2n) is 5.27. The van der Waals surface area contributed by atoms with Gasteiger partial charge < -0.3 is 9.73 Å². The summed E-state index contributed by atoms with van der Waals surface area (Å²) in [6, 6.07) is 4.27. The molecule has 0 fully saturated rings. The molecular formula is C16H19ClN4O. The van der Waals surface area contributed by atoms with Gasteiger partial charge in [-0.25, -0.2) is 4.98 Å². The molecule has 0 aliphatic heterocycles. The molecular weight excluding hydrogens is 300 g/mol. The van der Waals surface area contributed by atoms with E-state index < -0.39 is 0 Å². The van der Waals surface area contributed by atoms with Gasteiger partial charge in [0.25, 0.3) is 6.01 Å². The van der Waals surface area contributed by atoms with Crippen LogP contribution in [0.3, 0.4) is 0 Å². The Morgan fingerprint density at radius 1 is 1.32 bits per heavy atom. The van der Waals surface area contributed by atoms with Crippen molar-refractivity contribution >= 4 is 23.3 Å². The lowest BCUT2D eigenvalue weighted by molar-refractivity contribution is 0.568. The van der Waals surface area contributed by atoms with Crippen molar-refractivity contribution in [3.63, 3.8) is 0 Å². The van der Waals surface area contributed by atoms with Crippen LogP contribution in [-0.2, 0) is 0 Å². The number of hydrogen-bond acceptors (Lipinski definition) is 4. The highest BCUT2D eigenvalue weighted by Gasteiger charge is 2.16. The summed E-state index contributed by atoms with van der Waals surface area (Å²) in [5, 5.41) is 3.83. The smallest absolute Gasteiger partial charge is 0.295 e. The third kappa shape index (κ3) is 2.81. The van der Waals surface area contributed by atoms with Crippen molar-refractivity contribution in [1.29, 1.82) is 0 Å². The van der Waals surface area contributed by atoms with Crippen LogP contribution < -0.4 is 5.32 Å². The number of oxazole rings is 1. The van der Waals surface area contributed by atoms with E-state index in [-0.39, 0.29) is 0 Å². The molecule has 5 nitrogen and oxygen atoms in total. The van der Waals surface area contributed by atoms with Crippen LogP contribution >= 0.6 is 11.6 Å². The summed E-state index contributed by atoms with van der Waals surface area (Å²) < 4.78 is 7.45. The van der Waals surface area contributed by atoms with Crippen molar-refractivity contribution in [2.75, 3.05) is 11.9 Å². The summed E-state index contributed by atoms with van der Waals surface area (Å²) in [5.74, 6) is 0. The molecule has 0 unspecified atom stereocenters. The molecule has 116 valence electrons. The first-order valence-corrected chi connectivity index (χ1v) is 7.91. The van der Waals surface area contributed by atoms with Crippen molar-refractivity contribution in [3.8, 4) is 11.4 Å². The van der Waals surface area contributed by atoms with Gasteiger partial charge in [0.05, 0.1) is 16.4 Å². The fraction of sp³-hybridized carbons (Fsp3) is 0.375. The number of hydrogen-bond donors (Lipinski definition) is 1. The zero-order valence-electron chi connectivity index (χ0n) is 12.8. The molecule has 0 amide bonds. The van der Waals surface area contributed by atoms with Crippen LogP contribution in [0.15, 0.2) is 29.0 Å². The van der Waals surface area contributed by atoms with Crippen LogP contribution in [0.2, 0.25) is 5.02 Å². The Morgan fingerprint density at radius 2 is 2.18 bits per heavy atom. The molecule has 22 heavy (non-hydrogen) atoms. The van der Waals surface area contributed by atoms with E-state index in [1.165, 1.54) is 12.8 Å². The first-order chi connectivity index (χ1) is 10.7. The summed E-state index contributed by atoms with van der Waals surface area (Å²) in [6.07, 6.45) is 7.09. The Morgan fingerprint density at radius 3 is 3.00 bits per heavy atom. The van der Waals surface area contributed by atoms with Crippen LogP contribution in [0.1, 0.15) is 31.9 Å². The molecule has 0 bridgehead atoms. The van der Waals surface area contributed by atoms with Crippen molar-refractivity contribution in [1.82, 2.24) is 14.4 Å². The average Bonchev–Trinajstić information content (AvgIpc) is 3.08. The molecule has 0 aliphatic carbocycles. The number of unbranched alkanes of at least 4 members (excludes halogenated alkanes) is 2. The van der Waals surface area contributed by atoms with Crippen LogP contribution in [0.25, 0.3) is 17.0 Å². The molecule has 3 heterocycles. The molecule has 1 N–H and O–H groups in total. The third-order valence-corrected chi connectivity index (χ3v) is 3.88. The van der Waals surface area contributed by atoms with E-state index in [0.717, 1.165) is 35.7 Å². The van der Waals surface area contributed by atoms with Gasteiger partial charge in [-0.05, 0) is 25.5 Å². The van der Waals surface area contributed by atoms with E-state index in [1.54, 1.807) is 6.26 Å². The monoisotopic (exact) mass is 318 g/mol. The first kappa shape index (κ1) is 14.9. The maximum absolute atomic E-state index is 6.19. The number of aryl methyl sites for hydroxylation is 1. The quantitative estimate of drug-likeness (QED) is 0.677. The number of imidazole rings is 1. The van der Waals surface area contributed by atoms with E-state index >= 15 is 0 Å². The fourth-order valence-electron chi connectivity index (χ4n) is 2.49. The lowest BCUT2D eigenvalue weighted by Crippen LogP contribution is -2.01. The number of nitrogens with one attached hydrogen (secondary N) is 1. The molecule has 3 aromatic rings. The Hall–Kier alpha value is -2.01. The lowest BCUT2D eigenvalue weighted by Gasteiger charge is -2.00. The van der Waals surface area contributed by atoms with Gasteiger partial charge in [0.1, 0.15) is 12.0 Å². The number of pyridine rings is 1. The number of nitrogens with zero attached hydrogens (tertiary/aromatic N) is 3. The van der Waals surface area contributed by atoms with Gasteiger partial charge in [-0.1, -0.05) is 31.4 Å². The lowest BCUT2D eigenvalue weighted by atomic mass is 10.2. The SMILES string of the molecule is CCCCCNc1nc(-c2c(C)nc3c(Cl)cccn23)co1. The topological polar surface area (TPSA) is 55.4 Å². The van der Waals surface area contributed by atoms with Crippen molar-refractivity contribution in [3.05, 3.63) is 35.3 Å². The number of halogens is 1. The Labute approximate surface area is 134 Å². The minimum atomic E-state index is 0.544. The van der Waals surface area contributed by atoms with Crippen LogP contribution in [0.4, 0.5) is 6.01 Å². The van der Waals surface area contributed by atoms with Gasteiger partial charge in [-0.2, -0.15) is 4.98 Å². The van der Waals surface area contributed by atoms with E-state index in [2.05, 4.69) is 22.2 Å². The molecule has 0 aromatic carbocycles. The van der Waals surface area contributed by atoms with Gasteiger partial charge in [0.15, 0.2) is 5.65 Å². The molecule has 0 spiro atoms. The molecule has 6 heteroatoms. The molecule has 3 rings (SSSR count). The van der Waals surface area contributed by atoms with E-state index in [9.17, 15) is 0 Å². The molecule has 0 saturated heterocycles. The molecule has 0 aliphatic rings. The third-order valence-electron chi connectivity index (χ3n) is 3.58. The van der Waals surface area contributed by atoms with Gasteiger partial charge in [-0.15, -0.1) is 0 Å². The van der Waals surface area contributed by atoms with Crippen LogP contribution in [0, 0.1) is 6.92 Å². The highest BCUT2D eigenvalue weighted by Crippen LogP contribution is 2.28. The predicted octanol–water partition coefficient (Wildman–Crippen LogP) is 4.55. The van der Waals surface area contributed by atoms with E-state index in [0.29, 0.717) is 11.0 Å². The Bertz CT molecular complexity index is 778. The van der Waals surface area contributed by atoms with Gasteiger partial charge in [0, 0.05) is 12.7 Å². The molecule has 3 aromatic heterocycles. The minimum absolute atomic E-state index is 0.544. The summed E-state index contributed by atoms with van der Waals surface area (Å²) in [4.78, 5) is 9.02. The largest absolute Gasteiger partial charge is 0.431 e. The van der Waals surface area contributed by atoms with Crippen molar-refractivity contribution in [2.24, 2.45) is 0 Å². The van der Waals surface area contributed by atoms with Crippen LogP contribution in [-0.4, -0.2) is 20.9 Å². The van der Waals surface area contributed by atoms with Gasteiger partial charge in [0.2, 0.25) is 0 Å². The molecule has 0 radical (unpaired) electrons. The number of fused-ring (bicyclic) bond motifs is 1. The molecule has 0 atom stereocenters. The zero-order chi connectivity index (χ0) is 15.5. The number of anilines is 1. The summed E-state index contributed by atoms with van der Waals surface area (Å²) in [6.45, 7) is 5.00. The molecule has 0 saturated carbocycles. The normalized spacial score (nSPS) is 11.2. The first-order valence-electron chi connectivity index (χ1n) is 7.53. The van der Waals surface area contributed by atoms with Crippen molar-refractivity contribution in [2.45, 2.75) is 33.1 Å². The standard InChI is InChI=1S/C16H19ClN4O/c1-3-4-5-8-18-16-20-13(10-22-16)14-11(2)19-15-12(17)7-6-9-21(14)15/h6-7,9-10H,3-5,8H2,1-2H3,(H,18,20). The van der Waals surface area contributed by atoms with Crippen LogP contribution in [0.5, 0.6) is 0 Å². The number of rotatable bonds is 6. The maximum Gasteiger partial charge on any atom is 0.295 e. The van der Waals surface area contributed by atoms with E-state index in [1.807, 2.05) is 29.7 Å². The van der Waals surface area contributed by atoms with Gasteiger partial charge >= 0.3 is 0 Å². The van der Waals surface area contributed by atoms with E-state index in [4.69, 9.17) is 16.0 Å². The second-order valence-corrected chi connectivity index (χ2v) is 5.67. The maximum atomic E-state index is 6.19. The summed E-state index contributed by atoms with van der Waals surface area (Å²) in [7, 11) is 0. The second kappa shape index (κ2) is 6.40. The number of aromatic nitrogens is 3. The Kier molecular flexibility index (Phi) is 4.34. The highest BCUT2D eigenvalue weighted by atomic mass is 35.5. The van der Waals surface area contributed by atoms with Gasteiger partial charge in [-0.3, -0.25) is 4.40 Å². The zero-order valence-corrected chi connectivity index (χ0v) is 13.5. The minimum Gasteiger partial charge on any atom is -0.431 e. The highest BCUT2D eigenvalue weighted by molar-refractivity contribution is 6.33. The Balaban J connectivity index is 1.87.